The largest absolute Gasteiger partial charge is 0.541 e. The van der Waals surface area contributed by atoms with Crippen LogP contribution < -0.4 is 19.8 Å². The van der Waals surface area contributed by atoms with Crippen molar-refractivity contribution in [2.75, 3.05) is 13.1 Å². The Morgan fingerprint density at radius 2 is 1.48 bits per heavy atom. The van der Waals surface area contributed by atoms with E-state index in [1.807, 2.05) is 12.1 Å². The molecule has 13 heteroatoms. The van der Waals surface area contributed by atoms with Gasteiger partial charge >= 0.3 is 24.1 Å². The van der Waals surface area contributed by atoms with Crippen molar-refractivity contribution in [2.45, 2.75) is 154 Å². The fourth-order valence-electron chi connectivity index (χ4n) is 9.76. The molecule has 4 aliphatic carbocycles. The van der Waals surface area contributed by atoms with Crippen molar-refractivity contribution in [1.29, 1.82) is 0 Å². The molecule has 1 aliphatic heterocycles. The van der Waals surface area contributed by atoms with Crippen molar-refractivity contribution in [3.05, 3.63) is 35.1 Å². The van der Waals surface area contributed by atoms with Gasteiger partial charge in [0.05, 0.1) is 18.3 Å². The summed E-state index contributed by atoms with van der Waals surface area (Å²) in [5.41, 5.74) is -1.15. The molecule has 5 aliphatic rings. The Labute approximate surface area is 320 Å². The van der Waals surface area contributed by atoms with E-state index in [9.17, 15) is 19.2 Å². The van der Waals surface area contributed by atoms with Gasteiger partial charge in [0, 0.05) is 31.0 Å². The van der Waals surface area contributed by atoms with E-state index in [0.717, 1.165) is 24.0 Å². The van der Waals surface area contributed by atoms with E-state index >= 15 is 0 Å². The number of esters is 2. The standard InChI is InChI=1S/C41H60N2O10Si/c1-24-21-39-22-25-13-14-26(53-54(11,12)38(8,9)10)31-30(25)40(23-39)33(49-31)27(48-28(44)16-19-42-34(46)51-36(2,3)4)15-18-41(40,32(24)39)50-29(45)17-20-43-35(47)52-37(5,6)7/h13-15,24,32-33H,16-23H2,1-12H3,(H,42,46)(H,43,47)/t24?,32-,33+,39?,40+,41-/m1/s1. The molecule has 0 saturated heterocycles. The van der Waals surface area contributed by atoms with Crippen LogP contribution in [0.1, 0.15) is 112 Å². The summed E-state index contributed by atoms with van der Waals surface area (Å²) >= 11 is 0. The lowest BCUT2D eigenvalue weighted by atomic mass is 9.51. The van der Waals surface area contributed by atoms with Crippen LogP contribution in [-0.2, 0) is 40.4 Å². The SMILES string of the molecule is CC1CC23Cc4ccc(O[Si](C)(C)C(C)(C)C)c5c4[C@@]4(C2)[C@@H](O5)C(OC(=O)CCNC(=O)OC(C)(C)C)=CC[C@@]4(OC(=O)CCNC(=O)OC(C)(C)C)[C@H]13. The molecular weight excluding hydrogens is 709 g/mol. The number of nitrogens with one attached hydrogen (secondary N) is 2. The lowest BCUT2D eigenvalue weighted by Gasteiger charge is -2.56. The summed E-state index contributed by atoms with van der Waals surface area (Å²) in [4.78, 5) is 52.0. The first-order valence-electron chi connectivity index (χ1n) is 19.4. The van der Waals surface area contributed by atoms with Crippen LogP contribution in [-0.4, -0.2) is 68.4 Å². The van der Waals surface area contributed by atoms with Gasteiger partial charge in [-0.1, -0.05) is 33.8 Å². The Morgan fingerprint density at radius 3 is 2.04 bits per heavy atom. The molecule has 2 amide bonds. The molecule has 0 aromatic heterocycles. The number of carbonyl (C=O) groups is 4. The zero-order valence-electron chi connectivity index (χ0n) is 34.2. The second kappa shape index (κ2) is 13.2. The number of fused-ring (bicyclic) bond motifs is 1. The zero-order valence-corrected chi connectivity index (χ0v) is 35.2. The van der Waals surface area contributed by atoms with Crippen molar-refractivity contribution < 1.29 is 47.3 Å². The van der Waals surface area contributed by atoms with E-state index in [-0.39, 0.29) is 48.2 Å². The van der Waals surface area contributed by atoms with Crippen molar-refractivity contribution >= 4 is 32.4 Å². The van der Waals surface area contributed by atoms with Gasteiger partial charge in [0.15, 0.2) is 11.9 Å². The molecular formula is C41H60N2O10Si. The van der Waals surface area contributed by atoms with E-state index in [4.69, 9.17) is 28.1 Å². The summed E-state index contributed by atoms with van der Waals surface area (Å²) in [6.07, 6.45) is 2.63. The number of benzene rings is 1. The van der Waals surface area contributed by atoms with Crippen LogP contribution in [0, 0.1) is 17.3 Å². The third-order valence-corrected chi connectivity index (χ3v) is 16.6. The lowest BCUT2D eigenvalue weighted by molar-refractivity contribution is -0.195. The van der Waals surface area contributed by atoms with Crippen LogP contribution in [0.2, 0.25) is 18.1 Å². The second-order valence-electron chi connectivity index (χ2n) is 19.6. The fourth-order valence-corrected chi connectivity index (χ4v) is 10.8. The zero-order chi connectivity index (χ0) is 39.9. The molecule has 2 unspecified atom stereocenters. The normalized spacial score (nSPS) is 29.0. The maximum absolute atomic E-state index is 14.0. The molecule has 2 bridgehead atoms. The Hall–Kier alpha value is -3.74. The fraction of sp³-hybridized carbons (Fsp3) is 0.707. The maximum Gasteiger partial charge on any atom is 0.407 e. The molecule has 2 N–H and O–H groups in total. The van der Waals surface area contributed by atoms with Gasteiger partial charge in [-0.2, -0.15) is 0 Å². The Balaban J connectivity index is 1.35. The third kappa shape index (κ3) is 6.87. The molecule has 2 saturated carbocycles. The topological polar surface area (TPSA) is 148 Å². The van der Waals surface area contributed by atoms with Crippen LogP contribution in [0.5, 0.6) is 11.5 Å². The maximum atomic E-state index is 14.0. The number of rotatable bonds is 10. The third-order valence-electron chi connectivity index (χ3n) is 12.3. The van der Waals surface area contributed by atoms with Crippen LogP contribution in [0.4, 0.5) is 9.59 Å². The van der Waals surface area contributed by atoms with Gasteiger partial charge in [0.2, 0.25) is 0 Å². The van der Waals surface area contributed by atoms with Crippen molar-refractivity contribution in [2.24, 2.45) is 17.3 Å². The van der Waals surface area contributed by atoms with Gasteiger partial charge < -0.3 is 38.7 Å². The van der Waals surface area contributed by atoms with E-state index in [2.05, 4.69) is 57.5 Å². The number of ether oxygens (including phenoxy) is 5. The van der Waals surface area contributed by atoms with Crippen LogP contribution in [0.3, 0.4) is 0 Å². The molecule has 0 radical (unpaired) electrons. The predicted octanol–water partition coefficient (Wildman–Crippen LogP) is 7.61. The quantitative estimate of drug-likeness (QED) is 0.138. The van der Waals surface area contributed by atoms with Crippen molar-refractivity contribution in [3.63, 3.8) is 0 Å². The van der Waals surface area contributed by atoms with E-state index in [1.54, 1.807) is 41.5 Å². The number of hydrogen-bond donors (Lipinski definition) is 2. The molecule has 1 aromatic carbocycles. The lowest BCUT2D eigenvalue weighted by Crippen LogP contribution is -2.63. The molecule has 54 heavy (non-hydrogen) atoms. The van der Waals surface area contributed by atoms with Crippen molar-refractivity contribution in [3.8, 4) is 11.5 Å². The highest BCUT2D eigenvalue weighted by Gasteiger charge is 2.84. The first-order chi connectivity index (χ1) is 24.8. The van der Waals surface area contributed by atoms with Crippen LogP contribution >= 0.6 is 0 Å². The Kier molecular flexibility index (Phi) is 9.75. The van der Waals surface area contributed by atoms with E-state index in [1.165, 1.54) is 0 Å². The van der Waals surface area contributed by atoms with Crippen LogP contribution in [0.15, 0.2) is 24.0 Å². The average molecular weight is 769 g/mol. The Morgan fingerprint density at radius 1 is 0.889 bits per heavy atom. The molecule has 298 valence electrons. The highest BCUT2D eigenvalue weighted by atomic mass is 28.4. The monoisotopic (exact) mass is 768 g/mol. The summed E-state index contributed by atoms with van der Waals surface area (Å²) in [6, 6.07) is 4.18. The summed E-state index contributed by atoms with van der Waals surface area (Å²) in [6.45, 7) is 24.0. The average Bonchev–Trinajstić information content (AvgIpc) is 3.42. The van der Waals surface area contributed by atoms with Crippen molar-refractivity contribution in [1.82, 2.24) is 10.6 Å². The van der Waals surface area contributed by atoms with E-state index < -0.39 is 60.8 Å². The summed E-state index contributed by atoms with van der Waals surface area (Å²) in [5, 5.41) is 5.24. The molecule has 12 nitrogen and oxygen atoms in total. The molecule has 2 fully saturated rings. The van der Waals surface area contributed by atoms with Gasteiger partial charge in [-0.3, -0.25) is 9.59 Å². The van der Waals surface area contributed by atoms with Gasteiger partial charge in [-0.05, 0) is 108 Å². The summed E-state index contributed by atoms with van der Waals surface area (Å²) in [7, 11) is -2.33. The number of hydrogen-bond acceptors (Lipinski definition) is 10. The van der Waals surface area contributed by atoms with Crippen LogP contribution in [0.25, 0.3) is 0 Å². The summed E-state index contributed by atoms with van der Waals surface area (Å²) < 4.78 is 37.6. The minimum absolute atomic E-state index is 0.0357. The Bertz CT molecular complexity index is 1750. The number of alkyl carbamates (subject to hydrolysis) is 2. The molecule has 1 aromatic rings. The molecule has 1 heterocycles. The number of carbonyl (C=O) groups excluding carboxylic acids is 4. The van der Waals surface area contributed by atoms with Gasteiger partial charge in [0.25, 0.3) is 8.32 Å². The van der Waals surface area contributed by atoms with Gasteiger partial charge in [-0.25, -0.2) is 9.59 Å². The minimum Gasteiger partial charge on any atom is -0.541 e. The van der Waals surface area contributed by atoms with Gasteiger partial charge in [0.1, 0.15) is 28.3 Å². The smallest absolute Gasteiger partial charge is 0.407 e. The molecule has 6 rings (SSSR count). The predicted molar refractivity (Wildman–Crippen MR) is 204 cm³/mol. The first kappa shape index (κ1) is 39.9. The molecule has 6 atom stereocenters. The van der Waals surface area contributed by atoms with E-state index in [0.29, 0.717) is 30.1 Å². The highest BCUT2D eigenvalue weighted by Crippen LogP contribution is 2.81. The molecule has 2 spiro atoms. The summed E-state index contributed by atoms with van der Waals surface area (Å²) in [5.74, 6) is 1.02. The second-order valence-corrected chi connectivity index (χ2v) is 24.4. The number of amides is 2. The van der Waals surface area contributed by atoms with Gasteiger partial charge in [-0.15, -0.1) is 0 Å². The minimum atomic E-state index is -2.33. The highest BCUT2D eigenvalue weighted by molar-refractivity contribution is 6.74. The first-order valence-corrected chi connectivity index (χ1v) is 22.3.